The number of hydrogen-bond acceptors (Lipinski definition) is 12. The summed E-state index contributed by atoms with van der Waals surface area (Å²) in [6.45, 7) is 3.41. The lowest BCUT2D eigenvalue weighted by atomic mass is 9.76. The minimum Gasteiger partial charge on any atom is -0.387 e. The largest absolute Gasteiger partial charge is 0.387 e. The van der Waals surface area contributed by atoms with E-state index in [2.05, 4.69) is 56.7 Å². The molecule has 39 heavy (non-hydrogen) atoms. The first kappa shape index (κ1) is 26.3. The van der Waals surface area contributed by atoms with E-state index in [9.17, 15) is 10.2 Å². The number of rotatable bonds is 8. The van der Waals surface area contributed by atoms with Gasteiger partial charge in [0.15, 0.2) is 0 Å². The predicted octanol–water partition coefficient (Wildman–Crippen LogP) is -1.11. The molecule has 5 heterocycles. The Balaban J connectivity index is 0.851. The number of aliphatic hydroxyl groups excluding tert-OH is 2. The van der Waals surface area contributed by atoms with E-state index in [0.29, 0.717) is 37.8 Å². The maximum atomic E-state index is 10.9. The van der Waals surface area contributed by atoms with Gasteiger partial charge in [-0.25, -0.2) is 4.90 Å². The van der Waals surface area contributed by atoms with Crippen molar-refractivity contribution in [1.82, 2.24) is 25.8 Å². The van der Waals surface area contributed by atoms with Crippen LogP contribution in [0.15, 0.2) is 18.2 Å². The Labute approximate surface area is 229 Å². The van der Waals surface area contributed by atoms with Crippen LogP contribution in [-0.2, 0) is 9.47 Å². The summed E-state index contributed by atoms with van der Waals surface area (Å²) >= 11 is 0. The monoisotopic (exact) mass is 544 g/mol. The molecule has 0 amide bonds. The van der Waals surface area contributed by atoms with E-state index < -0.39 is 24.5 Å². The molecule has 8 atom stereocenters. The van der Waals surface area contributed by atoms with Gasteiger partial charge in [-0.2, -0.15) is 0 Å². The minimum absolute atomic E-state index is 0.0176. The van der Waals surface area contributed by atoms with Crippen LogP contribution >= 0.6 is 0 Å². The quantitative estimate of drug-likeness (QED) is 0.200. The Morgan fingerprint density at radius 2 is 1.87 bits per heavy atom. The van der Waals surface area contributed by atoms with Crippen LogP contribution in [0.25, 0.3) is 0 Å². The lowest BCUT2D eigenvalue weighted by Crippen LogP contribution is -2.68. The van der Waals surface area contributed by atoms with Gasteiger partial charge < -0.3 is 41.0 Å². The van der Waals surface area contributed by atoms with Gasteiger partial charge in [-0.1, -0.05) is 6.07 Å². The molecule has 4 unspecified atom stereocenters. The van der Waals surface area contributed by atoms with E-state index in [0.717, 1.165) is 32.5 Å². The van der Waals surface area contributed by atoms with Crippen LogP contribution < -0.4 is 32.3 Å². The van der Waals surface area contributed by atoms with Gasteiger partial charge in [0.05, 0.1) is 55.8 Å². The highest BCUT2D eigenvalue weighted by Crippen LogP contribution is 2.39. The molecule has 0 bridgehead atoms. The number of likely N-dealkylation sites (N-methyl/N-ethyl adjacent to an activating group) is 1. The third kappa shape index (κ3) is 4.94. The van der Waals surface area contributed by atoms with Gasteiger partial charge in [0.1, 0.15) is 24.5 Å². The van der Waals surface area contributed by atoms with E-state index in [1.807, 2.05) is 4.90 Å². The van der Waals surface area contributed by atoms with Crippen molar-refractivity contribution in [3.8, 4) is 0 Å². The number of nitrogens with zero attached hydrogens (tertiary/aromatic N) is 2. The van der Waals surface area contributed by atoms with Crippen molar-refractivity contribution in [3.63, 3.8) is 0 Å². The molecule has 0 radical (unpaired) electrons. The molecule has 1 aliphatic carbocycles. The van der Waals surface area contributed by atoms with Crippen LogP contribution in [0, 0.1) is 5.92 Å². The lowest BCUT2D eigenvalue weighted by Gasteiger charge is -2.42. The lowest BCUT2D eigenvalue weighted by molar-refractivity contribution is -0.108. The van der Waals surface area contributed by atoms with Crippen molar-refractivity contribution in [2.75, 3.05) is 50.8 Å². The van der Waals surface area contributed by atoms with Crippen molar-refractivity contribution in [2.45, 2.75) is 86.7 Å². The molecule has 216 valence electrons. The fraction of sp³-hybridized carbons (Fsp3) is 0.778. The minimum atomic E-state index is -0.959. The molecule has 1 aromatic rings. The summed E-state index contributed by atoms with van der Waals surface area (Å²) < 4.78 is 11.6. The van der Waals surface area contributed by atoms with Crippen molar-refractivity contribution in [2.24, 2.45) is 11.7 Å². The number of nitrogens with two attached hydrogens (primary N) is 1. The van der Waals surface area contributed by atoms with Crippen LogP contribution in [-0.4, -0.2) is 115 Å². The highest BCUT2D eigenvalue weighted by atomic mass is 16.6. The normalized spacial score (nSPS) is 42.0. The first-order chi connectivity index (χ1) is 18.9. The summed E-state index contributed by atoms with van der Waals surface area (Å²) in [5.74, 6) is 1.25. The van der Waals surface area contributed by atoms with Crippen molar-refractivity contribution < 1.29 is 19.7 Å². The Hall–Kier alpha value is -1.58. The standard InChI is InChI=1S/C27H44N8O4/c1-34(9-20-23(36)24(37)27(39-20)35-13-31-22-25(28)29-12-30-26(22)35)17-6-14(7-17)2-5-21-32-18-4-3-15(8-19(18)33-21)16-10-38-11-16/h3-4,8,14,16-17,20-27,29-33,36-37H,2,5-7,9-13,28H2,1H3/t14?,17?,20-,21?,22?,23-,24-,25?,26?,27-/m1/s1. The third-order valence-electron chi connectivity index (χ3n) is 9.89. The van der Waals surface area contributed by atoms with Crippen molar-refractivity contribution in [3.05, 3.63) is 23.8 Å². The highest BCUT2D eigenvalue weighted by Gasteiger charge is 2.52. The zero-order chi connectivity index (χ0) is 26.7. The maximum Gasteiger partial charge on any atom is 0.142 e. The molecule has 5 aliphatic heterocycles. The van der Waals surface area contributed by atoms with Crippen LogP contribution in [0.2, 0.25) is 0 Å². The topological polar surface area (TPSA) is 152 Å². The molecule has 6 aliphatic rings. The van der Waals surface area contributed by atoms with Crippen molar-refractivity contribution >= 4 is 11.4 Å². The molecule has 12 heteroatoms. The Morgan fingerprint density at radius 3 is 2.67 bits per heavy atom. The number of hydrogen-bond donors (Lipinski definition) is 8. The number of nitrogens with one attached hydrogen (secondary N) is 5. The zero-order valence-electron chi connectivity index (χ0n) is 22.6. The maximum absolute atomic E-state index is 10.9. The number of aliphatic hydroxyl groups is 2. The Kier molecular flexibility index (Phi) is 7.21. The van der Waals surface area contributed by atoms with Crippen LogP contribution in [0.1, 0.15) is 37.2 Å². The van der Waals surface area contributed by atoms with Gasteiger partial charge in [0.25, 0.3) is 0 Å². The van der Waals surface area contributed by atoms with Gasteiger partial charge >= 0.3 is 0 Å². The first-order valence-electron chi connectivity index (χ1n) is 14.6. The molecule has 12 nitrogen and oxygen atoms in total. The average Bonchev–Trinajstić information content (AvgIpc) is 3.54. The van der Waals surface area contributed by atoms with E-state index in [-0.39, 0.29) is 24.5 Å². The molecule has 1 saturated carbocycles. The molecule has 7 rings (SSSR count). The first-order valence-corrected chi connectivity index (χ1v) is 14.6. The van der Waals surface area contributed by atoms with Gasteiger partial charge in [-0.05, 0) is 56.3 Å². The van der Waals surface area contributed by atoms with Gasteiger partial charge in [0, 0.05) is 25.2 Å². The Bertz CT molecular complexity index is 1030. The summed E-state index contributed by atoms with van der Waals surface area (Å²) in [6.07, 6.45) is 1.79. The third-order valence-corrected chi connectivity index (χ3v) is 9.89. The van der Waals surface area contributed by atoms with Gasteiger partial charge in [-0.3, -0.25) is 16.0 Å². The fourth-order valence-electron chi connectivity index (χ4n) is 7.18. The number of ether oxygens (including phenoxy) is 2. The summed E-state index contributed by atoms with van der Waals surface area (Å²) in [6, 6.07) is 7.20. The average molecular weight is 545 g/mol. The zero-order valence-corrected chi connectivity index (χ0v) is 22.6. The molecule has 9 N–H and O–H groups in total. The molecular weight excluding hydrogens is 500 g/mol. The van der Waals surface area contributed by atoms with Crippen LogP contribution in [0.4, 0.5) is 11.4 Å². The molecule has 0 aromatic heterocycles. The van der Waals surface area contributed by atoms with E-state index in [4.69, 9.17) is 15.2 Å². The van der Waals surface area contributed by atoms with E-state index in [1.54, 1.807) is 0 Å². The Morgan fingerprint density at radius 1 is 1.05 bits per heavy atom. The smallest absolute Gasteiger partial charge is 0.142 e. The summed E-state index contributed by atoms with van der Waals surface area (Å²) in [5, 5.41) is 39.0. The number of benzene rings is 1. The SMILES string of the molecule is CN(C[C@H]1O[C@@H](N2CNC3C(N)NCNC32)[C@H](O)[C@@H]1O)C1CC(CCC2Nc3ccc(C4COC4)cc3N2)C1. The predicted molar refractivity (Wildman–Crippen MR) is 147 cm³/mol. The second-order valence-corrected chi connectivity index (χ2v) is 12.4. The fourth-order valence-corrected chi connectivity index (χ4v) is 7.18. The second-order valence-electron chi connectivity index (χ2n) is 12.4. The van der Waals surface area contributed by atoms with E-state index in [1.165, 1.54) is 23.4 Å². The molecule has 5 fully saturated rings. The van der Waals surface area contributed by atoms with E-state index >= 15 is 0 Å². The summed E-state index contributed by atoms with van der Waals surface area (Å²) in [5.41, 5.74) is 9.97. The van der Waals surface area contributed by atoms with Crippen LogP contribution in [0.3, 0.4) is 0 Å². The van der Waals surface area contributed by atoms with Gasteiger partial charge in [-0.15, -0.1) is 0 Å². The highest BCUT2D eigenvalue weighted by molar-refractivity contribution is 5.75. The second kappa shape index (κ2) is 10.7. The molecule has 1 aromatic carbocycles. The molecule has 0 spiro atoms. The van der Waals surface area contributed by atoms with Crippen molar-refractivity contribution in [1.29, 1.82) is 0 Å². The summed E-state index contributed by atoms with van der Waals surface area (Å²) in [7, 11) is 2.11. The molecular formula is C27H44N8O4. The number of fused-ring (bicyclic) bond motifs is 2. The summed E-state index contributed by atoms with van der Waals surface area (Å²) in [4.78, 5) is 4.35. The van der Waals surface area contributed by atoms with Gasteiger partial charge in [0.2, 0.25) is 0 Å². The molecule has 4 saturated heterocycles. The number of anilines is 2. The van der Waals surface area contributed by atoms with Crippen LogP contribution in [0.5, 0.6) is 0 Å².